The minimum absolute atomic E-state index is 0.0213. The highest BCUT2D eigenvalue weighted by molar-refractivity contribution is 5.73. The van der Waals surface area contributed by atoms with Crippen LogP contribution in [0.15, 0.2) is 0 Å². The highest BCUT2D eigenvalue weighted by atomic mass is 16.4. The summed E-state index contributed by atoms with van der Waals surface area (Å²) in [6.45, 7) is 5.18. The molecule has 4 nitrogen and oxygen atoms in total. The lowest BCUT2D eigenvalue weighted by atomic mass is 10.1. The monoisotopic (exact) mass is 203 g/mol. The Hall–Kier alpha value is -0.610. The maximum absolute atomic E-state index is 11.0. The summed E-state index contributed by atoms with van der Waals surface area (Å²) >= 11 is 0. The second-order valence-electron chi connectivity index (χ2n) is 3.40. The number of carbonyl (C=O) groups is 1. The van der Waals surface area contributed by atoms with Gasteiger partial charge in [-0.1, -0.05) is 20.3 Å². The van der Waals surface area contributed by atoms with Crippen LogP contribution in [0.5, 0.6) is 0 Å². The number of carboxylic acid groups (broad SMARTS) is 1. The molecule has 0 aromatic carbocycles. The number of aliphatic hydroxyl groups excluding tert-OH is 1. The number of rotatable bonds is 8. The zero-order valence-electron chi connectivity index (χ0n) is 9.07. The Morgan fingerprint density at radius 3 is 2.29 bits per heavy atom. The average molecular weight is 203 g/mol. The van der Waals surface area contributed by atoms with Crippen LogP contribution in [0.1, 0.15) is 33.1 Å². The van der Waals surface area contributed by atoms with Crippen molar-refractivity contribution in [2.24, 2.45) is 0 Å². The van der Waals surface area contributed by atoms with E-state index in [2.05, 4.69) is 0 Å². The zero-order valence-corrected chi connectivity index (χ0v) is 9.07. The third-order valence-corrected chi connectivity index (χ3v) is 2.19. The number of hydrogen-bond donors (Lipinski definition) is 2. The summed E-state index contributed by atoms with van der Waals surface area (Å²) in [5.41, 5.74) is 0. The molecule has 0 fully saturated rings. The molecule has 0 saturated heterocycles. The van der Waals surface area contributed by atoms with Crippen LogP contribution in [0.25, 0.3) is 0 Å². The smallest absolute Gasteiger partial charge is 0.320 e. The van der Waals surface area contributed by atoms with Crippen LogP contribution in [0.4, 0.5) is 0 Å². The molecule has 0 amide bonds. The van der Waals surface area contributed by atoms with E-state index in [-0.39, 0.29) is 6.61 Å². The van der Waals surface area contributed by atoms with Crippen molar-refractivity contribution >= 4 is 5.97 Å². The van der Waals surface area contributed by atoms with E-state index in [0.717, 1.165) is 19.4 Å². The van der Waals surface area contributed by atoms with Gasteiger partial charge in [0, 0.05) is 6.54 Å². The van der Waals surface area contributed by atoms with Crippen LogP contribution in [0.3, 0.4) is 0 Å². The molecule has 1 unspecified atom stereocenters. The van der Waals surface area contributed by atoms with E-state index in [9.17, 15) is 4.79 Å². The second-order valence-corrected chi connectivity index (χ2v) is 3.40. The first kappa shape index (κ1) is 13.4. The van der Waals surface area contributed by atoms with Gasteiger partial charge in [0.25, 0.3) is 0 Å². The molecule has 84 valence electrons. The minimum Gasteiger partial charge on any atom is -0.480 e. The molecular weight excluding hydrogens is 182 g/mol. The van der Waals surface area contributed by atoms with E-state index in [1.807, 2.05) is 18.7 Å². The molecular formula is C10H21NO3. The van der Waals surface area contributed by atoms with Crippen molar-refractivity contribution in [3.63, 3.8) is 0 Å². The van der Waals surface area contributed by atoms with Crippen LogP contribution in [0.2, 0.25) is 0 Å². The molecule has 0 saturated carbocycles. The highest BCUT2D eigenvalue weighted by Gasteiger charge is 2.23. The third-order valence-electron chi connectivity index (χ3n) is 2.19. The fourth-order valence-electron chi connectivity index (χ4n) is 1.57. The summed E-state index contributed by atoms with van der Waals surface area (Å²) in [4.78, 5) is 12.8. The molecule has 4 heteroatoms. The van der Waals surface area contributed by atoms with Crippen molar-refractivity contribution in [2.45, 2.75) is 39.2 Å². The van der Waals surface area contributed by atoms with Gasteiger partial charge < -0.3 is 10.2 Å². The summed E-state index contributed by atoms with van der Waals surface area (Å²) in [5.74, 6) is -0.784. The molecule has 0 aromatic heterocycles. The molecule has 2 N–H and O–H groups in total. The standard InChI is InChI=1S/C10H21NO3/c1-3-5-9(10(13)14)11(6-4-2)7-8-12/h9,12H,3-8H2,1-2H3,(H,13,14). The number of aliphatic carboxylic acids is 1. The topological polar surface area (TPSA) is 60.8 Å². The summed E-state index contributed by atoms with van der Waals surface area (Å²) in [7, 11) is 0. The predicted molar refractivity (Wildman–Crippen MR) is 55.3 cm³/mol. The van der Waals surface area contributed by atoms with Gasteiger partial charge in [-0.3, -0.25) is 9.69 Å². The molecule has 1 atom stereocenters. The molecule has 0 aliphatic rings. The van der Waals surface area contributed by atoms with E-state index in [4.69, 9.17) is 10.2 Å². The predicted octanol–water partition coefficient (Wildman–Crippen LogP) is 0.944. The Morgan fingerprint density at radius 1 is 1.29 bits per heavy atom. The molecule has 0 aliphatic heterocycles. The van der Waals surface area contributed by atoms with Gasteiger partial charge in [0.2, 0.25) is 0 Å². The molecule has 0 heterocycles. The van der Waals surface area contributed by atoms with Crippen LogP contribution in [-0.2, 0) is 4.79 Å². The summed E-state index contributed by atoms with van der Waals surface area (Å²) in [6.07, 6.45) is 2.41. The summed E-state index contributed by atoms with van der Waals surface area (Å²) in [5, 5.41) is 17.8. The first-order valence-corrected chi connectivity index (χ1v) is 5.25. The van der Waals surface area contributed by atoms with E-state index >= 15 is 0 Å². The van der Waals surface area contributed by atoms with Gasteiger partial charge in [-0.25, -0.2) is 0 Å². The van der Waals surface area contributed by atoms with Gasteiger partial charge >= 0.3 is 5.97 Å². The van der Waals surface area contributed by atoms with Crippen molar-refractivity contribution in [3.05, 3.63) is 0 Å². The number of nitrogens with zero attached hydrogens (tertiary/aromatic N) is 1. The fraction of sp³-hybridized carbons (Fsp3) is 0.900. The Bertz CT molecular complexity index is 155. The first-order chi connectivity index (χ1) is 6.67. The highest BCUT2D eigenvalue weighted by Crippen LogP contribution is 2.07. The molecule has 0 rings (SSSR count). The normalized spacial score (nSPS) is 13.1. The Kier molecular flexibility index (Phi) is 7.42. The van der Waals surface area contributed by atoms with E-state index < -0.39 is 12.0 Å². The van der Waals surface area contributed by atoms with Crippen molar-refractivity contribution in [2.75, 3.05) is 19.7 Å². The van der Waals surface area contributed by atoms with Crippen molar-refractivity contribution in [1.82, 2.24) is 4.90 Å². The lowest BCUT2D eigenvalue weighted by Gasteiger charge is -2.27. The van der Waals surface area contributed by atoms with Gasteiger partial charge in [0.05, 0.1) is 6.61 Å². The Labute approximate surface area is 85.5 Å². The number of carboxylic acids is 1. The zero-order chi connectivity index (χ0) is 11.0. The summed E-state index contributed by atoms with van der Waals surface area (Å²) in [6, 6.07) is -0.438. The Balaban J connectivity index is 4.29. The van der Waals surface area contributed by atoms with Gasteiger partial charge in [-0.05, 0) is 19.4 Å². The second kappa shape index (κ2) is 7.76. The van der Waals surface area contributed by atoms with Crippen molar-refractivity contribution in [1.29, 1.82) is 0 Å². The number of aliphatic hydroxyl groups is 1. The van der Waals surface area contributed by atoms with Gasteiger partial charge in [-0.2, -0.15) is 0 Å². The van der Waals surface area contributed by atoms with Gasteiger partial charge in [0.15, 0.2) is 0 Å². The molecule has 0 radical (unpaired) electrons. The number of hydrogen-bond acceptors (Lipinski definition) is 3. The lowest BCUT2D eigenvalue weighted by molar-refractivity contribution is -0.143. The van der Waals surface area contributed by atoms with Gasteiger partial charge in [0.1, 0.15) is 6.04 Å². The van der Waals surface area contributed by atoms with Gasteiger partial charge in [-0.15, -0.1) is 0 Å². The first-order valence-electron chi connectivity index (χ1n) is 5.25. The fourth-order valence-corrected chi connectivity index (χ4v) is 1.57. The maximum atomic E-state index is 11.0. The lowest BCUT2D eigenvalue weighted by Crippen LogP contribution is -2.43. The van der Waals surface area contributed by atoms with Crippen LogP contribution >= 0.6 is 0 Å². The van der Waals surface area contributed by atoms with E-state index in [1.165, 1.54) is 0 Å². The largest absolute Gasteiger partial charge is 0.480 e. The van der Waals surface area contributed by atoms with E-state index in [0.29, 0.717) is 13.0 Å². The van der Waals surface area contributed by atoms with E-state index in [1.54, 1.807) is 0 Å². The van der Waals surface area contributed by atoms with Crippen LogP contribution in [0, 0.1) is 0 Å². The maximum Gasteiger partial charge on any atom is 0.320 e. The third kappa shape index (κ3) is 4.58. The molecule has 14 heavy (non-hydrogen) atoms. The van der Waals surface area contributed by atoms with Crippen molar-refractivity contribution in [3.8, 4) is 0 Å². The summed E-state index contributed by atoms with van der Waals surface area (Å²) < 4.78 is 0. The molecule has 0 aromatic rings. The molecule has 0 bridgehead atoms. The van der Waals surface area contributed by atoms with Crippen LogP contribution < -0.4 is 0 Å². The average Bonchev–Trinajstić information content (AvgIpc) is 2.13. The van der Waals surface area contributed by atoms with Crippen LogP contribution in [-0.4, -0.2) is 46.8 Å². The minimum atomic E-state index is -0.784. The SMILES string of the molecule is CCCC(C(=O)O)N(CCC)CCO. The van der Waals surface area contributed by atoms with Crippen molar-refractivity contribution < 1.29 is 15.0 Å². The molecule has 0 spiro atoms. The molecule has 0 aliphatic carbocycles. The quantitative estimate of drug-likeness (QED) is 0.616. The Morgan fingerprint density at radius 2 is 1.93 bits per heavy atom.